The molecule has 3 rings (SSSR count). The minimum atomic E-state index is -0.133. The van der Waals surface area contributed by atoms with Crippen LogP contribution < -0.4 is 10.1 Å². The molecular formula is C18H17N3O3. The topological polar surface area (TPSA) is 77.2 Å². The maximum Gasteiger partial charge on any atom is 0.251 e. The van der Waals surface area contributed by atoms with Crippen LogP contribution in [0.3, 0.4) is 0 Å². The molecule has 0 aliphatic heterocycles. The van der Waals surface area contributed by atoms with Crippen molar-refractivity contribution in [2.75, 3.05) is 6.54 Å². The van der Waals surface area contributed by atoms with E-state index >= 15 is 0 Å². The Morgan fingerprint density at radius 3 is 2.96 bits per heavy atom. The lowest BCUT2D eigenvalue weighted by Gasteiger charge is -2.07. The van der Waals surface area contributed by atoms with Gasteiger partial charge in [0.2, 0.25) is 5.88 Å². The van der Waals surface area contributed by atoms with E-state index in [0.717, 1.165) is 18.4 Å². The minimum Gasteiger partial charge on any atom is -0.439 e. The molecule has 0 spiro atoms. The number of carbonyl (C=O) groups excluding carboxylic acids is 1. The Labute approximate surface area is 139 Å². The molecule has 0 unspecified atom stereocenters. The van der Waals surface area contributed by atoms with Gasteiger partial charge in [-0.15, -0.1) is 0 Å². The van der Waals surface area contributed by atoms with E-state index < -0.39 is 0 Å². The van der Waals surface area contributed by atoms with Crippen molar-refractivity contribution >= 4 is 5.91 Å². The second-order valence-corrected chi connectivity index (χ2v) is 5.19. The number of nitrogens with zero attached hydrogens (tertiary/aromatic N) is 2. The van der Waals surface area contributed by atoms with Crippen LogP contribution in [-0.2, 0) is 6.42 Å². The van der Waals surface area contributed by atoms with Gasteiger partial charge in [-0.2, -0.15) is 0 Å². The molecule has 1 N–H and O–H groups in total. The first kappa shape index (κ1) is 15.7. The predicted molar refractivity (Wildman–Crippen MR) is 87.9 cm³/mol. The normalized spacial score (nSPS) is 10.3. The molecule has 1 aromatic carbocycles. The molecular weight excluding hydrogens is 306 g/mol. The largest absolute Gasteiger partial charge is 0.439 e. The number of pyridine rings is 1. The van der Waals surface area contributed by atoms with Gasteiger partial charge in [0.25, 0.3) is 5.91 Å². The third kappa shape index (κ3) is 4.42. The van der Waals surface area contributed by atoms with Crippen molar-refractivity contribution in [1.29, 1.82) is 0 Å². The predicted octanol–water partition coefficient (Wildman–Crippen LogP) is 3.22. The van der Waals surface area contributed by atoms with Crippen LogP contribution in [-0.4, -0.2) is 22.6 Å². The zero-order valence-electron chi connectivity index (χ0n) is 13.0. The Bertz CT molecular complexity index is 773. The zero-order valence-corrected chi connectivity index (χ0v) is 13.0. The van der Waals surface area contributed by atoms with Crippen molar-refractivity contribution in [2.45, 2.75) is 12.8 Å². The van der Waals surface area contributed by atoms with Gasteiger partial charge >= 0.3 is 0 Å². The lowest BCUT2D eigenvalue weighted by Crippen LogP contribution is -2.24. The first-order chi connectivity index (χ1) is 11.8. The summed E-state index contributed by atoms with van der Waals surface area (Å²) in [6, 6.07) is 12.4. The molecule has 2 aromatic heterocycles. The quantitative estimate of drug-likeness (QED) is 0.676. The number of carbonyl (C=O) groups is 1. The molecule has 122 valence electrons. The third-order valence-corrected chi connectivity index (χ3v) is 3.37. The smallest absolute Gasteiger partial charge is 0.251 e. The summed E-state index contributed by atoms with van der Waals surface area (Å²) in [5.41, 5.74) is 1.57. The average molecular weight is 323 g/mol. The SMILES string of the molecule is O=C(NCCCc1cnoc1)c1cccc(Oc2ccccn2)c1. The standard InChI is InChI=1S/C18H17N3O3/c22-18(20-10-4-5-14-12-21-23-13-14)15-6-3-7-16(11-15)24-17-8-1-2-9-19-17/h1-3,6-9,11-13H,4-5,10H2,(H,20,22). The number of rotatable bonds is 7. The highest BCUT2D eigenvalue weighted by molar-refractivity contribution is 5.94. The van der Waals surface area contributed by atoms with Crippen molar-refractivity contribution < 1.29 is 14.1 Å². The van der Waals surface area contributed by atoms with E-state index in [1.807, 2.05) is 12.1 Å². The van der Waals surface area contributed by atoms with Gasteiger partial charge in [0.05, 0.1) is 6.20 Å². The molecule has 0 saturated heterocycles. The van der Waals surface area contributed by atoms with Crippen molar-refractivity contribution in [3.63, 3.8) is 0 Å². The second-order valence-electron chi connectivity index (χ2n) is 5.19. The molecule has 2 heterocycles. The van der Waals surface area contributed by atoms with Crippen LogP contribution in [0.15, 0.2) is 65.6 Å². The lowest BCUT2D eigenvalue weighted by atomic mass is 10.2. The van der Waals surface area contributed by atoms with Crippen LogP contribution in [0.5, 0.6) is 11.6 Å². The maximum atomic E-state index is 12.2. The first-order valence-electron chi connectivity index (χ1n) is 7.67. The van der Waals surface area contributed by atoms with E-state index in [4.69, 9.17) is 9.26 Å². The number of ether oxygens (including phenoxy) is 1. The molecule has 0 radical (unpaired) electrons. The Balaban J connectivity index is 1.52. The van der Waals surface area contributed by atoms with Crippen LogP contribution in [0.4, 0.5) is 0 Å². The Morgan fingerprint density at radius 1 is 1.21 bits per heavy atom. The highest BCUT2D eigenvalue weighted by Gasteiger charge is 2.07. The molecule has 0 atom stereocenters. The van der Waals surface area contributed by atoms with Gasteiger partial charge in [0.15, 0.2) is 0 Å². The fraction of sp³-hybridized carbons (Fsp3) is 0.167. The second kappa shape index (κ2) is 7.92. The molecule has 24 heavy (non-hydrogen) atoms. The average Bonchev–Trinajstić information content (AvgIpc) is 3.13. The Kier molecular flexibility index (Phi) is 5.19. The van der Waals surface area contributed by atoms with Crippen LogP contribution in [0.25, 0.3) is 0 Å². The molecule has 0 aliphatic carbocycles. The van der Waals surface area contributed by atoms with E-state index in [-0.39, 0.29) is 5.91 Å². The van der Waals surface area contributed by atoms with Crippen molar-refractivity contribution in [3.05, 3.63) is 72.2 Å². The number of hydrogen-bond acceptors (Lipinski definition) is 5. The Morgan fingerprint density at radius 2 is 2.17 bits per heavy atom. The monoisotopic (exact) mass is 323 g/mol. The van der Waals surface area contributed by atoms with Gasteiger partial charge in [-0.1, -0.05) is 17.3 Å². The molecule has 0 bridgehead atoms. The summed E-state index contributed by atoms with van der Waals surface area (Å²) in [5, 5.41) is 6.54. The molecule has 6 heteroatoms. The number of hydrogen-bond donors (Lipinski definition) is 1. The van der Waals surface area contributed by atoms with Gasteiger partial charge in [-0.05, 0) is 37.1 Å². The van der Waals surface area contributed by atoms with Gasteiger partial charge in [0, 0.05) is 29.9 Å². The first-order valence-corrected chi connectivity index (χ1v) is 7.67. The highest BCUT2D eigenvalue weighted by Crippen LogP contribution is 2.19. The number of amides is 1. The zero-order chi connectivity index (χ0) is 16.6. The number of aromatic nitrogens is 2. The molecule has 6 nitrogen and oxygen atoms in total. The minimum absolute atomic E-state index is 0.133. The van der Waals surface area contributed by atoms with E-state index in [0.29, 0.717) is 23.7 Å². The van der Waals surface area contributed by atoms with E-state index in [1.165, 1.54) is 0 Å². The van der Waals surface area contributed by atoms with Crippen LogP contribution >= 0.6 is 0 Å². The Hall–Kier alpha value is -3.15. The van der Waals surface area contributed by atoms with Gasteiger partial charge in [-0.3, -0.25) is 4.79 Å². The van der Waals surface area contributed by atoms with Crippen molar-refractivity contribution in [3.8, 4) is 11.6 Å². The van der Waals surface area contributed by atoms with Gasteiger partial charge in [0.1, 0.15) is 12.0 Å². The lowest BCUT2D eigenvalue weighted by molar-refractivity contribution is 0.0953. The molecule has 1 amide bonds. The van der Waals surface area contributed by atoms with Gasteiger partial charge < -0.3 is 14.6 Å². The summed E-state index contributed by atoms with van der Waals surface area (Å²) in [5.74, 6) is 0.932. The summed E-state index contributed by atoms with van der Waals surface area (Å²) < 4.78 is 10.4. The van der Waals surface area contributed by atoms with Crippen molar-refractivity contribution in [1.82, 2.24) is 15.5 Å². The van der Waals surface area contributed by atoms with Gasteiger partial charge in [-0.25, -0.2) is 4.98 Å². The van der Waals surface area contributed by atoms with Crippen LogP contribution in [0, 0.1) is 0 Å². The van der Waals surface area contributed by atoms with E-state index in [2.05, 4.69) is 15.5 Å². The van der Waals surface area contributed by atoms with E-state index in [1.54, 1.807) is 49.0 Å². The molecule has 0 saturated carbocycles. The summed E-state index contributed by atoms with van der Waals surface area (Å²) in [7, 11) is 0. The summed E-state index contributed by atoms with van der Waals surface area (Å²) in [4.78, 5) is 16.3. The third-order valence-electron chi connectivity index (χ3n) is 3.37. The summed E-state index contributed by atoms with van der Waals surface area (Å²) in [6.45, 7) is 0.579. The molecule has 3 aromatic rings. The van der Waals surface area contributed by atoms with E-state index in [9.17, 15) is 4.79 Å². The summed E-state index contributed by atoms with van der Waals surface area (Å²) in [6.07, 6.45) is 6.58. The van der Waals surface area contributed by atoms with Crippen LogP contribution in [0.1, 0.15) is 22.3 Å². The number of nitrogens with one attached hydrogen (secondary N) is 1. The molecule has 0 fully saturated rings. The number of aryl methyl sites for hydroxylation is 1. The number of benzene rings is 1. The fourth-order valence-corrected chi connectivity index (χ4v) is 2.18. The molecule has 0 aliphatic rings. The highest BCUT2D eigenvalue weighted by atomic mass is 16.5. The van der Waals surface area contributed by atoms with Crippen molar-refractivity contribution in [2.24, 2.45) is 0 Å². The maximum absolute atomic E-state index is 12.2. The fourth-order valence-electron chi connectivity index (χ4n) is 2.18. The van der Waals surface area contributed by atoms with Crippen LogP contribution in [0.2, 0.25) is 0 Å². The summed E-state index contributed by atoms with van der Waals surface area (Å²) >= 11 is 0.